The van der Waals surface area contributed by atoms with Crippen molar-refractivity contribution in [2.45, 2.75) is 139 Å². The van der Waals surface area contributed by atoms with Gasteiger partial charge in [-0.15, -0.1) is 0 Å². The molecule has 0 aromatic heterocycles. The van der Waals surface area contributed by atoms with Gasteiger partial charge in [-0.2, -0.15) is 0 Å². The molecule has 0 N–H and O–H groups in total. The van der Waals surface area contributed by atoms with Crippen LogP contribution in [0.5, 0.6) is 0 Å². The molecule has 5 saturated carbocycles. The number of fused-ring (bicyclic) bond motifs is 7. The van der Waals surface area contributed by atoms with E-state index in [2.05, 4.69) is 48.5 Å². The van der Waals surface area contributed by atoms with E-state index in [1.165, 1.54) is 20.3 Å². The summed E-state index contributed by atoms with van der Waals surface area (Å²) in [6, 6.07) is 0. The molecular weight excluding hydrogens is 500 g/mol. The van der Waals surface area contributed by atoms with Gasteiger partial charge in [0.05, 0.1) is 6.61 Å². The maximum absolute atomic E-state index is 14.7. The van der Waals surface area contributed by atoms with Gasteiger partial charge in [0.25, 0.3) is 0 Å². The number of carbonyl (C=O) groups excluding carboxylic acids is 3. The van der Waals surface area contributed by atoms with E-state index < -0.39 is 0 Å². The highest BCUT2D eigenvalue weighted by atomic mass is 16.5. The second-order valence-electron chi connectivity index (χ2n) is 17.0. The Balaban J connectivity index is 1.50. The van der Waals surface area contributed by atoms with Gasteiger partial charge in [0.15, 0.2) is 0 Å². The number of carbonyl (C=O) groups is 3. The maximum Gasteiger partial charge on any atom is 0.302 e. The predicted molar refractivity (Wildman–Crippen MR) is 156 cm³/mol. The smallest absolute Gasteiger partial charge is 0.302 e. The Morgan fingerprint density at radius 3 is 2.12 bits per heavy atom. The van der Waals surface area contributed by atoms with E-state index in [-0.39, 0.29) is 56.5 Å². The summed E-state index contributed by atoms with van der Waals surface area (Å²) >= 11 is 0. The van der Waals surface area contributed by atoms with Gasteiger partial charge in [-0.3, -0.25) is 14.4 Å². The highest BCUT2D eigenvalue weighted by Gasteiger charge is 2.72. The Morgan fingerprint density at radius 1 is 0.800 bits per heavy atom. The van der Waals surface area contributed by atoms with E-state index in [1.54, 1.807) is 0 Å². The molecule has 0 bridgehead atoms. The van der Waals surface area contributed by atoms with Crippen LogP contribution in [0.3, 0.4) is 0 Å². The molecule has 5 rings (SSSR count). The number of esters is 2. The van der Waals surface area contributed by atoms with Crippen LogP contribution in [0.4, 0.5) is 0 Å². The van der Waals surface area contributed by atoms with Crippen molar-refractivity contribution in [1.82, 2.24) is 0 Å². The van der Waals surface area contributed by atoms with Gasteiger partial charge >= 0.3 is 11.9 Å². The second-order valence-corrected chi connectivity index (χ2v) is 17.0. The van der Waals surface area contributed by atoms with Gasteiger partial charge in [-0.05, 0) is 109 Å². The number of ether oxygens (including phenoxy) is 2. The monoisotopic (exact) mass is 556 g/mol. The SMILES string of the molecule is CC(=O)OCC[C@]12CCC(C)(C)CC1C1C(=O)C[C@@H]3[C@@]4(C)CC[C@H](OC(C)=O)C(C)(C)[C@@H]4CC[C@@]3(C)[C@]1(C)CC2. The molecule has 5 aliphatic carbocycles. The largest absolute Gasteiger partial charge is 0.466 e. The summed E-state index contributed by atoms with van der Waals surface area (Å²) in [5.41, 5.74) is 0.360. The zero-order chi connectivity index (χ0) is 29.5. The van der Waals surface area contributed by atoms with Crippen LogP contribution in [0.15, 0.2) is 0 Å². The molecule has 0 saturated heterocycles. The molecule has 0 spiro atoms. The molecule has 0 heterocycles. The quantitative estimate of drug-likeness (QED) is 0.329. The van der Waals surface area contributed by atoms with Gasteiger partial charge in [0.1, 0.15) is 11.9 Å². The Labute approximate surface area is 243 Å². The fourth-order valence-electron chi connectivity index (χ4n) is 12.0. The third-order valence-corrected chi connectivity index (χ3v) is 14.3. The molecule has 5 nitrogen and oxygen atoms in total. The van der Waals surface area contributed by atoms with Gasteiger partial charge in [0, 0.05) is 31.6 Å². The standard InChI is InChI=1S/C35H56O5/c1-22(36)39-19-18-35-16-14-30(3,4)21-24(35)29-25(38)20-27-32(7)12-11-28(40-23(2)37)31(5,6)26(32)10-13-33(27,8)34(29,9)15-17-35/h24,26-29H,10-21H2,1-9H3/t24?,26-,27+,28-,29?,32-,33+,34+,35+/m0/s1. The molecule has 226 valence electrons. The van der Waals surface area contributed by atoms with Crippen molar-refractivity contribution >= 4 is 17.7 Å². The average Bonchev–Trinajstić information content (AvgIpc) is 2.82. The van der Waals surface area contributed by atoms with Crippen molar-refractivity contribution in [1.29, 1.82) is 0 Å². The summed E-state index contributed by atoms with van der Waals surface area (Å²) in [5.74, 6) is 1.36. The van der Waals surface area contributed by atoms with Crippen molar-refractivity contribution < 1.29 is 23.9 Å². The molecule has 5 aliphatic rings. The zero-order valence-corrected chi connectivity index (χ0v) is 26.9. The molecule has 5 fully saturated rings. The lowest BCUT2D eigenvalue weighted by Crippen LogP contribution is -2.69. The summed E-state index contributed by atoms with van der Waals surface area (Å²) in [5, 5.41) is 0. The Hall–Kier alpha value is -1.39. The van der Waals surface area contributed by atoms with E-state index in [0.29, 0.717) is 36.6 Å². The molecule has 0 aromatic carbocycles. The van der Waals surface area contributed by atoms with E-state index in [0.717, 1.165) is 57.8 Å². The van der Waals surface area contributed by atoms with Gasteiger partial charge in [-0.25, -0.2) is 0 Å². The number of hydrogen-bond donors (Lipinski definition) is 0. The second kappa shape index (κ2) is 9.56. The molecule has 0 amide bonds. The summed E-state index contributed by atoms with van der Waals surface area (Å²) in [6.07, 6.45) is 11.4. The third kappa shape index (κ3) is 4.32. The van der Waals surface area contributed by atoms with Gasteiger partial charge in [-0.1, -0.05) is 48.5 Å². The first-order chi connectivity index (χ1) is 18.4. The minimum absolute atomic E-state index is 0.0269. The van der Waals surface area contributed by atoms with Crippen LogP contribution in [0, 0.1) is 56.2 Å². The lowest BCUT2D eigenvalue weighted by Gasteiger charge is -2.73. The topological polar surface area (TPSA) is 69.7 Å². The molecule has 9 atom stereocenters. The van der Waals surface area contributed by atoms with Crippen molar-refractivity contribution in [2.75, 3.05) is 6.61 Å². The third-order valence-electron chi connectivity index (χ3n) is 14.3. The van der Waals surface area contributed by atoms with Crippen molar-refractivity contribution in [3.05, 3.63) is 0 Å². The van der Waals surface area contributed by atoms with Crippen LogP contribution in [0.25, 0.3) is 0 Å². The number of Topliss-reactive ketones (excluding diaryl/α,β-unsaturated/α-hetero) is 1. The summed E-state index contributed by atoms with van der Waals surface area (Å²) in [7, 11) is 0. The zero-order valence-electron chi connectivity index (χ0n) is 26.9. The fourth-order valence-corrected chi connectivity index (χ4v) is 12.0. The van der Waals surface area contributed by atoms with Gasteiger partial charge < -0.3 is 9.47 Å². The number of ketones is 1. The lowest BCUT2D eigenvalue weighted by atomic mass is 9.31. The van der Waals surface area contributed by atoms with E-state index >= 15 is 0 Å². The van der Waals surface area contributed by atoms with Crippen molar-refractivity contribution in [2.24, 2.45) is 56.2 Å². The Bertz CT molecular complexity index is 1060. The van der Waals surface area contributed by atoms with Crippen LogP contribution in [-0.2, 0) is 23.9 Å². The van der Waals surface area contributed by atoms with E-state index in [4.69, 9.17) is 9.47 Å². The van der Waals surface area contributed by atoms with E-state index in [9.17, 15) is 14.4 Å². The first-order valence-electron chi connectivity index (χ1n) is 16.3. The van der Waals surface area contributed by atoms with Crippen LogP contribution in [-0.4, -0.2) is 30.4 Å². The Morgan fingerprint density at radius 2 is 1.48 bits per heavy atom. The first-order valence-corrected chi connectivity index (χ1v) is 16.3. The molecule has 5 heteroatoms. The lowest BCUT2D eigenvalue weighted by molar-refractivity contribution is -0.248. The minimum Gasteiger partial charge on any atom is -0.466 e. The summed E-state index contributed by atoms with van der Waals surface area (Å²) in [4.78, 5) is 38.3. The summed E-state index contributed by atoms with van der Waals surface area (Å²) < 4.78 is 11.4. The van der Waals surface area contributed by atoms with Gasteiger partial charge in [0.2, 0.25) is 0 Å². The molecule has 40 heavy (non-hydrogen) atoms. The highest BCUT2D eigenvalue weighted by molar-refractivity contribution is 5.84. The predicted octanol–water partition coefficient (Wildman–Crippen LogP) is 7.93. The normalized spacial score (nSPS) is 47.1. The molecule has 0 radical (unpaired) electrons. The van der Waals surface area contributed by atoms with Crippen LogP contribution in [0.2, 0.25) is 0 Å². The van der Waals surface area contributed by atoms with Crippen molar-refractivity contribution in [3.8, 4) is 0 Å². The van der Waals surface area contributed by atoms with E-state index in [1.807, 2.05) is 0 Å². The fraction of sp³-hybridized carbons (Fsp3) is 0.914. The average molecular weight is 557 g/mol. The highest BCUT2D eigenvalue weighted by Crippen LogP contribution is 2.76. The minimum atomic E-state index is -0.204. The number of hydrogen-bond acceptors (Lipinski definition) is 5. The number of rotatable bonds is 4. The Kier molecular flexibility index (Phi) is 7.19. The van der Waals surface area contributed by atoms with Crippen molar-refractivity contribution in [3.63, 3.8) is 0 Å². The summed E-state index contributed by atoms with van der Waals surface area (Å²) in [6.45, 7) is 20.4. The molecule has 0 aromatic rings. The maximum atomic E-state index is 14.7. The van der Waals surface area contributed by atoms with Crippen LogP contribution >= 0.6 is 0 Å². The molecule has 0 aliphatic heterocycles. The van der Waals surface area contributed by atoms with Crippen LogP contribution in [0.1, 0.15) is 133 Å². The first kappa shape index (κ1) is 30.1. The molecular formula is C35H56O5. The molecule has 2 unspecified atom stereocenters. The van der Waals surface area contributed by atoms with Crippen LogP contribution < -0.4 is 0 Å².